The average Bonchev–Trinajstić information content (AvgIpc) is 2.68. The van der Waals surface area contributed by atoms with Crippen molar-refractivity contribution < 1.29 is 13.6 Å². The summed E-state index contributed by atoms with van der Waals surface area (Å²) in [5.41, 5.74) is 0.296. The number of aromatic nitrogens is 2. The molecule has 1 N–H and O–H groups in total. The Kier molecular flexibility index (Phi) is 6.08. The lowest BCUT2D eigenvalue weighted by atomic mass is 10.2. The molecule has 0 aliphatic heterocycles. The zero-order chi connectivity index (χ0) is 20.3. The van der Waals surface area contributed by atoms with Crippen molar-refractivity contribution in [1.29, 1.82) is 0 Å². The smallest absolute Gasteiger partial charge is 0.262 e. The van der Waals surface area contributed by atoms with Crippen LogP contribution in [0, 0.1) is 11.6 Å². The Labute approximate surface area is 164 Å². The van der Waals surface area contributed by atoms with Crippen molar-refractivity contribution in [2.45, 2.75) is 31.5 Å². The van der Waals surface area contributed by atoms with Crippen molar-refractivity contribution in [3.63, 3.8) is 0 Å². The van der Waals surface area contributed by atoms with E-state index in [1.807, 2.05) is 13.8 Å². The van der Waals surface area contributed by atoms with Gasteiger partial charge in [-0.15, -0.1) is 0 Å². The van der Waals surface area contributed by atoms with Gasteiger partial charge in [-0.05, 0) is 37.6 Å². The number of nitrogens with zero attached hydrogens (tertiary/aromatic N) is 2. The van der Waals surface area contributed by atoms with Crippen LogP contribution in [0.15, 0.2) is 52.4 Å². The molecule has 8 heteroatoms. The first-order valence-electron chi connectivity index (χ1n) is 8.79. The van der Waals surface area contributed by atoms with Crippen molar-refractivity contribution in [1.82, 2.24) is 9.55 Å². The fraction of sp³-hybridized carbons (Fsp3) is 0.250. The second-order valence-electron chi connectivity index (χ2n) is 6.30. The van der Waals surface area contributed by atoms with E-state index >= 15 is 0 Å². The van der Waals surface area contributed by atoms with Crippen LogP contribution in [0.1, 0.15) is 26.3 Å². The van der Waals surface area contributed by atoms with Crippen LogP contribution in [0.25, 0.3) is 10.9 Å². The molecule has 1 heterocycles. The normalized spacial score (nSPS) is 12.1. The minimum atomic E-state index is -0.848. The lowest BCUT2D eigenvalue weighted by Gasteiger charge is -2.18. The molecule has 5 nitrogen and oxygen atoms in total. The highest BCUT2D eigenvalue weighted by molar-refractivity contribution is 7.99. The van der Waals surface area contributed by atoms with Gasteiger partial charge in [0.25, 0.3) is 5.56 Å². The molecule has 0 saturated carbocycles. The first kappa shape index (κ1) is 20.0. The lowest BCUT2D eigenvalue weighted by molar-refractivity contribution is -0.113. The van der Waals surface area contributed by atoms with Gasteiger partial charge in [0.05, 0.1) is 22.3 Å². The predicted molar refractivity (Wildman–Crippen MR) is 107 cm³/mol. The SMILES string of the molecule is CC[C@@H](C)n1c(SCC(=O)Nc2ccc(F)cc2F)nc2ccccc2c1=O. The van der Waals surface area contributed by atoms with Crippen LogP contribution in [0.3, 0.4) is 0 Å². The van der Waals surface area contributed by atoms with E-state index in [0.717, 1.165) is 30.3 Å². The Morgan fingerprint density at radius 2 is 2.00 bits per heavy atom. The number of nitrogens with one attached hydrogen (secondary N) is 1. The fourth-order valence-corrected chi connectivity index (χ4v) is 3.60. The molecule has 0 radical (unpaired) electrons. The molecule has 0 saturated heterocycles. The maximum Gasteiger partial charge on any atom is 0.262 e. The summed E-state index contributed by atoms with van der Waals surface area (Å²) in [6.45, 7) is 3.88. The van der Waals surface area contributed by atoms with E-state index in [1.165, 1.54) is 0 Å². The quantitative estimate of drug-likeness (QED) is 0.490. The van der Waals surface area contributed by atoms with E-state index in [9.17, 15) is 18.4 Å². The third kappa shape index (κ3) is 4.22. The van der Waals surface area contributed by atoms with Gasteiger partial charge in [0.15, 0.2) is 5.16 Å². The minimum Gasteiger partial charge on any atom is -0.323 e. The fourth-order valence-electron chi connectivity index (χ4n) is 2.71. The molecule has 1 aromatic heterocycles. The molecule has 1 amide bonds. The number of carbonyl (C=O) groups excluding carboxylic acids is 1. The molecule has 3 aromatic rings. The second-order valence-corrected chi connectivity index (χ2v) is 7.25. The molecule has 3 rings (SSSR count). The van der Waals surface area contributed by atoms with Crippen LogP contribution in [0.5, 0.6) is 0 Å². The van der Waals surface area contributed by atoms with E-state index in [2.05, 4.69) is 10.3 Å². The van der Waals surface area contributed by atoms with E-state index in [1.54, 1.807) is 28.8 Å². The van der Waals surface area contributed by atoms with Crippen LogP contribution in [-0.2, 0) is 4.79 Å². The molecule has 0 aliphatic rings. The van der Waals surface area contributed by atoms with E-state index in [-0.39, 0.29) is 23.0 Å². The molecule has 0 bridgehead atoms. The maximum absolute atomic E-state index is 13.7. The van der Waals surface area contributed by atoms with Crippen molar-refractivity contribution in [2.75, 3.05) is 11.1 Å². The Balaban J connectivity index is 1.85. The summed E-state index contributed by atoms with van der Waals surface area (Å²) in [6, 6.07) is 9.88. The number of hydrogen-bond donors (Lipinski definition) is 1. The zero-order valence-corrected chi connectivity index (χ0v) is 16.2. The first-order chi connectivity index (χ1) is 13.4. The first-order valence-corrected chi connectivity index (χ1v) is 9.78. The van der Waals surface area contributed by atoms with Crippen molar-refractivity contribution in [2.24, 2.45) is 0 Å². The second kappa shape index (κ2) is 8.52. The molecule has 146 valence electrons. The number of amides is 1. The van der Waals surface area contributed by atoms with Crippen LogP contribution in [0.4, 0.5) is 14.5 Å². The summed E-state index contributed by atoms with van der Waals surface area (Å²) in [4.78, 5) is 29.6. The van der Waals surface area contributed by atoms with E-state index in [0.29, 0.717) is 22.1 Å². The Morgan fingerprint density at radius 1 is 1.25 bits per heavy atom. The summed E-state index contributed by atoms with van der Waals surface area (Å²) in [5, 5.41) is 3.35. The number of para-hydroxylation sites is 1. The van der Waals surface area contributed by atoms with Gasteiger partial charge in [-0.1, -0.05) is 30.8 Å². The third-order valence-electron chi connectivity index (χ3n) is 4.34. The van der Waals surface area contributed by atoms with Crippen LogP contribution in [0.2, 0.25) is 0 Å². The van der Waals surface area contributed by atoms with Crippen LogP contribution >= 0.6 is 11.8 Å². The summed E-state index contributed by atoms with van der Waals surface area (Å²) in [7, 11) is 0. The number of benzene rings is 2. The Morgan fingerprint density at radius 3 is 2.71 bits per heavy atom. The summed E-state index contributed by atoms with van der Waals surface area (Å²) >= 11 is 1.10. The number of anilines is 1. The molecular formula is C20H19F2N3O2S. The summed E-state index contributed by atoms with van der Waals surface area (Å²) < 4.78 is 28.3. The number of thioether (sulfide) groups is 1. The molecule has 0 unspecified atom stereocenters. The monoisotopic (exact) mass is 403 g/mol. The number of fused-ring (bicyclic) bond motifs is 1. The maximum atomic E-state index is 13.7. The van der Waals surface area contributed by atoms with Crippen LogP contribution in [-0.4, -0.2) is 21.2 Å². The minimum absolute atomic E-state index is 0.0714. The predicted octanol–water partition coefficient (Wildman–Crippen LogP) is 4.38. The molecule has 28 heavy (non-hydrogen) atoms. The van der Waals surface area contributed by atoms with Crippen molar-refractivity contribution >= 4 is 34.3 Å². The Bertz CT molecular complexity index is 1080. The highest BCUT2D eigenvalue weighted by Gasteiger charge is 2.17. The third-order valence-corrected chi connectivity index (χ3v) is 5.30. The number of halogens is 2. The topological polar surface area (TPSA) is 64.0 Å². The van der Waals surface area contributed by atoms with E-state index in [4.69, 9.17) is 0 Å². The van der Waals surface area contributed by atoms with Gasteiger partial charge in [0.1, 0.15) is 11.6 Å². The Hall–Kier alpha value is -2.74. The summed E-state index contributed by atoms with van der Waals surface area (Å²) in [6.07, 6.45) is 0.723. The standard InChI is InChI=1S/C20H19F2N3O2S/c1-3-12(2)25-19(27)14-6-4-5-7-16(14)24-20(25)28-11-18(26)23-17-9-8-13(21)10-15(17)22/h4-10,12H,3,11H2,1-2H3,(H,23,26)/t12-/m1/s1. The molecular weight excluding hydrogens is 384 g/mol. The highest BCUT2D eigenvalue weighted by Crippen LogP contribution is 2.23. The van der Waals surface area contributed by atoms with Gasteiger partial charge >= 0.3 is 0 Å². The number of hydrogen-bond acceptors (Lipinski definition) is 4. The van der Waals surface area contributed by atoms with Gasteiger partial charge in [-0.25, -0.2) is 13.8 Å². The molecule has 2 aromatic carbocycles. The van der Waals surface area contributed by atoms with Gasteiger partial charge in [0, 0.05) is 12.1 Å². The van der Waals surface area contributed by atoms with Crippen LogP contribution < -0.4 is 10.9 Å². The molecule has 0 fully saturated rings. The molecule has 1 atom stereocenters. The average molecular weight is 403 g/mol. The van der Waals surface area contributed by atoms with Gasteiger partial charge in [0.2, 0.25) is 5.91 Å². The van der Waals surface area contributed by atoms with Gasteiger partial charge < -0.3 is 5.32 Å². The largest absolute Gasteiger partial charge is 0.323 e. The lowest BCUT2D eigenvalue weighted by Crippen LogP contribution is -2.26. The van der Waals surface area contributed by atoms with Crippen molar-refractivity contribution in [3.8, 4) is 0 Å². The molecule has 0 aliphatic carbocycles. The zero-order valence-electron chi connectivity index (χ0n) is 15.4. The highest BCUT2D eigenvalue weighted by atomic mass is 32.2. The number of rotatable bonds is 6. The van der Waals surface area contributed by atoms with Gasteiger partial charge in [-0.3, -0.25) is 14.2 Å². The molecule has 0 spiro atoms. The van der Waals surface area contributed by atoms with Crippen molar-refractivity contribution in [3.05, 3.63) is 64.5 Å². The van der Waals surface area contributed by atoms with Gasteiger partial charge in [-0.2, -0.15) is 0 Å². The number of carbonyl (C=O) groups is 1. The summed E-state index contributed by atoms with van der Waals surface area (Å²) in [5.74, 6) is -2.12. The van der Waals surface area contributed by atoms with E-state index < -0.39 is 17.5 Å².